The summed E-state index contributed by atoms with van der Waals surface area (Å²) in [5.74, 6) is 0. The molecule has 0 amide bonds. The van der Waals surface area contributed by atoms with Crippen LogP contribution < -0.4 is 0 Å². The fourth-order valence-corrected chi connectivity index (χ4v) is 0.812. The summed E-state index contributed by atoms with van der Waals surface area (Å²) in [5, 5.41) is 4.70. The number of hydrogen-bond donors (Lipinski definition) is 0. The zero-order valence-electron chi connectivity index (χ0n) is 3.56. The molecule has 2 nitrogen and oxygen atoms in total. The highest BCUT2D eigenvalue weighted by molar-refractivity contribution is 6.31. The van der Waals surface area contributed by atoms with E-state index in [1.165, 1.54) is 5.69 Å². The highest BCUT2D eigenvalue weighted by Gasteiger charge is 2.20. The van der Waals surface area contributed by atoms with E-state index in [0.717, 1.165) is 11.6 Å². The van der Waals surface area contributed by atoms with Gasteiger partial charge in [0.15, 0.2) is 0 Å². The molecule has 1 aliphatic heterocycles. The van der Waals surface area contributed by atoms with Crippen LogP contribution in [0.15, 0.2) is 6.20 Å². The van der Waals surface area contributed by atoms with Crippen LogP contribution in [0.5, 0.6) is 0 Å². The SMILES string of the molecule is Clc1cnn2c1C2. The van der Waals surface area contributed by atoms with Crippen molar-refractivity contribution >= 4 is 11.6 Å². The van der Waals surface area contributed by atoms with Crippen LogP contribution in [0.1, 0.15) is 5.69 Å². The molecular formula is C4H3ClN2. The second kappa shape index (κ2) is 0.842. The lowest BCUT2D eigenvalue weighted by molar-refractivity contribution is 0.899. The maximum absolute atomic E-state index is 5.59. The summed E-state index contributed by atoms with van der Waals surface area (Å²) < 4.78 is 1.86. The third-order valence-electron chi connectivity index (χ3n) is 1.09. The Kier molecular flexibility index (Phi) is 0.421. The first kappa shape index (κ1) is 3.50. The highest BCUT2D eigenvalue weighted by Crippen LogP contribution is 2.25. The fourth-order valence-electron chi connectivity index (χ4n) is 0.611. The Morgan fingerprint density at radius 1 is 1.86 bits per heavy atom. The molecule has 1 aromatic rings. The molecule has 0 aliphatic carbocycles. The van der Waals surface area contributed by atoms with Crippen LogP contribution in [0.2, 0.25) is 5.02 Å². The molecule has 1 aliphatic rings. The molecule has 0 unspecified atom stereocenters. The lowest BCUT2D eigenvalue weighted by Crippen LogP contribution is -1.69. The van der Waals surface area contributed by atoms with Crippen molar-refractivity contribution in [3.63, 3.8) is 0 Å². The zero-order valence-corrected chi connectivity index (χ0v) is 4.31. The third-order valence-corrected chi connectivity index (χ3v) is 1.41. The number of nitrogens with zero attached hydrogens (tertiary/aromatic N) is 2. The van der Waals surface area contributed by atoms with E-state index in [2.05, 4.69) is 5.10 Å². The molecule has 0 saturated carbocycles. The van der Waals surface area contributed by atoms with Gasteiger partial charge in [0, 0.05) is 0 Å². The van der Waals surface area contributed by atoms with E-state index >= 15 is 0 Å². The Labute approximate surface area is 45.7 Å². The van der Waals surface area contributed by atoms with E-state index in [9.17, 15) is 0 Å². The number of fused-ring (bicyclic) bond motifs is 1. The van der Waals surface area contributed by atoms with Crippen molar-refractivity contribution < 1.29 is 0 Å². The summed E-state index contributed by atoms with van der Waals surface area (Å²) in [6.45, 7) is 0.954. The summed E-state index contributed by atoms with van der Waals surface area (Å²) in [6, 6.07) is 0. The van der Waals surface area contributed by atoms with E-state index < -0.39 is 0 Å². The van der Waals surface area contributed by atoms with Gasteiger partial charge >= 0.3 is 0 Å². The predicted octanol–water partition coefficient (Wildman–Crippen LogP) is 0.898. The quantitative estimate of drug-likeness (QED) is 0.498. The van der Waals surface area contributed by atoms with Gasteiger partial charge in [0.2, 0.25) is 0 Å². The third kappa shape index (κ3) is 0.320. The smallest absolute Gasteiger partial charge is 0.0848 e. The molecule has 0 fully saturated rings. The van der Waals surface area contributed by atoms with E-state index in [4.69, 9.17) is 11.6 Å². The van der Waals surface area contributed by atoms with Crippen molar-refractivity contribution in [2.45, 2.75) is 6.54 Å². The van der Waals surface area contributed by atoms with Gasteiger partial charge in [-0.3, -0.25) is 4.68 Å². The molecule has 3 heteroatoms. The van der Waals surface area contributed by atoms with Crippen LogP contribution in [0.4, 0.5) is 0 Å². The number of aromatic nitrogens is 2. The Morgan fingerprint density at radius 3 is 2.86 bits per heavy atom. The minimum absolute atomic E-state index is 0.806. The van der Waals surface area contributed by atoms with Gasteiger partial charge in [-0.1, -0.05) is 11.6 Å². The van der Waals surface area contributed by atoms with Gasteiger partial charge < -0.3 is 0 Å². The van der Waals surface area contributed by atoms with Crippen molar-refractivity contribution in [1.82, 2.24) is 9.78 Å². The first-order valence-electron chi connectivity index (χ1n) is 2.08. The number of halogens is 1. The molecule has 0 radical (unpaired) electrons. The van der Waals surface area contributed by atoms with Crippen LogP contribution in [0, 0.1) is 0 Å². The van der Waals surface area contributed by atoms with Crippen molar-refractivity contribution in [3.05, 3.63) is 16.9 Å². The summed E-state index contributed by atoms with van der Waals surface area (Å²) >= 11 is 5.59. The first-order valence-corrected chi connectivity index (χ1v) is 2.46. The van der Waals surface area contributed by atoms with Gasteiger partial charge in [-0.15, -0.1) is 0 Å². The molecule has 1 aromatic heterocycles. The Hall–Kier alpha value is -0.500. The summed E-state index contributed by atoms with van der Waals surface area (Å²) in [6.07, 6.45) is 1.67. The molecule has 2 rings (SSSR count). The normalized spacial score (nSPS) is 13.9. The van der Waals surface area contributed by atoms with Crippen LogP contribution in [0.3, 0.4) is 0 Å². The molecular weight excluding hydrogens is 112 g/mol. The first-order chi connectivity index (χ1) is 3.38. The second-order valence-electron chi connectivity index (χ2n) is 1.60. The molecule has 2 heterocycles. The average Bonchev–Trinajstić information content (AvgIpc) is 2.33. The van der Waals surface area contributed by atoms with Crippen molar-refractivity contribution in [2.75, 3.05) is 0 Å². The second-order valence-corrected chi connectivity index (χ2v) is 2.00. The molecule has 0 spiro atoms. The van der Waals surface area contributed by atoms with Crippen LogP contribution in [-0.4, -0.2) is 9.78 Å². The Bertz CT molecular complexity index is 203. The largest absolute Gasteiger partial charge is 0.260 e. The fraction of sp³-hybridized carbons (Fsp3) is 0.250. The van der Waals surface area contributed by atoms with Gasteiger partial charge in [0.25, 0.3) is 0 Å². The standard InChI is InChI=1S/C4H3ClN2/c5-3-1-6-7-2-4(3)7/h1H,2H2. The molecule has 0 saturated heterocycles. The van der Waals surface area contributed by atoms with E-state index in [1.54, 1.807) is 6.20 Å². The molecule has 0 aromatic carbocycles. The monoisotopic (exact) mass is 114 g/mol. The van der Waals surface area contributed by atoms with E-state index in [-0.39, 0.29) is 0 Å². The molecule has 7 heavy (non-hydrogen) atoms. The van der Waals surface area contributed by atoms with Crippen LogP contribution in [0.25, 0.3) is 0 Å². The average molecular weight is 115 g/mol. The van der Waals surface area contributed by atoms with Crippen molar-refractivity contribution in [3.8, 4) is 0 Å². The van der Waals surface area contributed by atoms with E-state index in [0.29, 0.717) is 0 Å². The molecule has 0 N–H and O–H groups in total. The van der Waals surface area contributed by atoms with Crippen molar-refractivity contribution in [1.29, 1.82) is 0 Å². The summed E-state index contributed by atoms with van der Waals surface area (Å²) in [7, 11) is 0. The highest BCUT2D eigenvalue weighted by atomic mass is 35.5. The van der Waals surface area contributed by atoms with Gasteiger partial charge in [-0.05, 0) is 0 Å². The topological polar surface area (TPSA) is 17.8 Å². The number of rotatable bonds is 0. The molecule has 36 valence electrons. The lowest BCUT2D eigenvalue weighted by atomic mass is 10.6. The van der Waals surface area contributed by atoms with Gasteiger partial charge in [-0.25, -0.2) is 0 Å². The van der Waals surface area contributed by atoms with Gasteiger partial charge in [-0.2, -0.15) is 5.10 Å². The maximum atomic E-state index is 5.59. The predicted molar refractivity (Wildman–Crippen MR) is 26.3 cm³/mol. The Morgan fingerprint density at radius 2 is 2.71 bits per heavy atom. The van der Waals surface area contributed by atoms with Crippen LogP contribution >= 0.6 is 11.6 Å². The molecule has 0 atom stereocenters. The molecule has 0 bridgehead atoms. The number of hydrogen-bond acceptors (Lipinski definition) is 1. The Balaban J connectivity index is 2.76. The minimum atomic E-state index is 0.806. The van der Waals surface area contributed by atoms with Crippen molar-refractivity contribution in [2.24, 2.45) is 0 Å². The van der Waals surface area contributed by atoms with Crippen LogP contribution in [-0.2, 0) is 6.54 Å². The lowest BCUT2D eigenvalue weighted by Gasteiger charge is -1.68. The van der Waals surface area contributed by atoms with Gasteiger partial charge in [0.1, 0.15) is 0 Å². The van der Waals surface area contributed by atoms with Gasteiger partial charge in [0.05, 0.1) is 23.5 Å². The minimum Gasteiger partial charge on any atom is -0.260 e. The maximum Gasteiger partial charge on any atom is 0.0848 e. The summed E-state index contributed by atoms with van der Waals surface area (Å²) in [5.41, 5.74) is 1.17. The van der Waals surface area contributed by atoms with E-state index in [1.807, 2.05) is 4.68 Å². The zero-order chi connectivity index (χ0) is 4.85. The summed E-state index contributed by atoms with van der Waals surface area (Å²) in [4.78, 5) is 0.